The van der Waals surface area contributed by atoms with Gasteiger partial charge in [-0.25, -0.2) is 0 Å². The molecule has 0 fully saturated rings. The van der Waals surface area contributed by atoms with E-state index in [1.54, 1.807) is 0 Å². The van der Waals surface area contributed by atoms with Crippen molar-refractivity contribution in [1.29, 1.82) is 0 Å². The van der Waals surface area contributed by atoms with E-state index in [2.05, 4.69) is 78.0 Å². The summed E-state index contributed by atoms with van der Waals surface area (Å²) in [5.74, 6) is 0. The zero-order valence-corrected chi connectivity index (χ0v) is 27.9. The SMILES string of the molecule is CCCCCCCCCCCCCCCCCCCCCC[n+]1c(/C=C2\Cc3ccccc3N2C)sc2ccccc21. The van der Waals surface area contributed by atoms with Crippen LogP contribution < -0.4 is 9.47 Å². The summed E-state index contributed by atoms with van der Waals surface area (Å²) in [5.41, 5.74) is 5.59. The molecule has 1 aliphatic rings. The van der Waals surface area contributed by atoms with Gasteiger partial charge in [0.2, 0.25) is 5.52 Å². The van der Waals surface area contributed by atoms with E-state index in [1.807, 2.05) is 11.3 Å². The van der Waals surface area contributed by atoms with Crippen LogP contribution in [-0.4, -0.2) is 7.05 Å². The molecule has 1 aliphatic heterocycles. The van der Waals surface area contributed by atoms with Gasteiger partial charge in [0, 0.05) is 43.4 Å². The summed E-state index contributed by atoms with van der Waals surface area (Å²) in [6, 6.07) is 17.8. The van der Waals surface area contributed by atoms with Gasteiger partial charge in [-0.3, -0.25) is 0 Å². The van der Waals surface area contributed by atoms with Gasteiger partial charge in [-0.2, -0.15) is 4.57 Å². The second-order valence-electron chi connectivity index (χ2n) is 12.8. The number of fused-ring (bicyclic) bond motifs is 2. The van der Waals surface area contributed by atoms with Crippen LogP contribution in [0.15, 0.2) is 54.2 Å². The molecule has 0 saturated carbocycles. The number of allylic oxidation sites excluding steroid dienone is 1. The van der Waals surface area contributed by atoms with Crippen molar-refractivity contribution < 1.29 is 4.57 Å². The Morgan fingerprint density at radius 1 is 0.643 bits per heavy atom. The average Bonchev–Trinajstić information content (AvgIpc) is 3.52. The number of likely N-dealkylation sites (N-methyl/N-ethyl adjacent to an activating group) is 1. The van der Waals surface area contributed by atoms with Crippen molar-refractivity contribution in [3.8, 4) is 0 Å². The highest BCUT2D eigenvalue weighted by Crippen LogP contribution is 2.34. The summed E-state index contributed by atoms with van der Waals surface area (Å²) >= 11 is 1.94. The molecule has 2 nitrogen and oxygen atoms in total. The molecule has 0 radical (unpaired) electrons. The molecule has 3 heteroatoms. The molecule has 0 bridgehead atoms. The lowest BCUT2D eigenvalue weighted by molar-refractivity contribution is -0.669. The number of rotatable bonds is 22. The zero-order chi connectivity index (χ0) is 29.2. The molecule has 0 saturated heterocycles. The molecule has 0 N–H and O–H groups in total. The summed E-state index contributed by atoms with van der Waals surface area (Å²) in [6.07, 6.45) is 32.1. The smallest absolute Gasteiger partial charge is 0.264 e. The van der Waals surface area contributed by atoms with E-state index < -0.39 is 0 Å². The van der Waals surface area contributed by atoms with Crippen LogP contribution in [0.25, 0.3) is 16.3 Å². The number of nitrogens with zero attached hydrogens (tertiary/aromatic N) is 2. The lowest BCUT2D eigenvalue weighted by Crippen LogP contribution is -2.35. The number of hydrogen-bond donors (Lipinski definition) is 0. The van der Waals surface area contributed by atoms with Crippen molar-refractivity contribution in [2.75, 3.05) is 11.9 Å². The number of benzene rings is 2. The maximum absolute atomic E-state index is 2.58. The number of anilines is 1. The van der Waals surface area contributed by atoms with Crippen molar-refractivity contribution in [3.63, 3.8) is 0 Å². The minimum absolute atomic E-state index is 1.03. The number of unbranched alkanes of at least 4 members (excludes halogenated alkanes) is 19. The van der Waals surface area contributed by atoms with Crippen LogP contribution in [0.5, 0.6) is 0 Å². The van der Waals surface area contributed by atoms with E-state index in [0.717, 1.165) is 13.0 Å². The second kappa shape index (κ2) is 19.2. The Kier molecular flexibility index (Phi) is 15.0. The van der Waals surface area contributed by atoms with Gasteiger partial charge in [-0.1, -0.05) is 164 Å². The van der Waals surface area contributed by atoms with Crippen LogP contribution in [0, 0.1) is 0 Å². The van der Waals surface area contributed by atoms with Crippen molar-refractivity contribution in [1.82, 2.24) is 0 Å². The van der Waals surface area contributed by atoms with Gasteiger partial charge in [0.15, 0.2) is 6.54 Å². The third kappa shape index (κ3) is 10.5. The minimum Gasteiger partial charge on any atom is -0.347 e. The fourth-order valence-corrected chi connectivity index (χ4v) is 7.81. The van der Waals surface area contributed by atoms with E-state index in [9.17, 15) is 0 Å². The van der Waals surface area contributed by atoms with Crippen LogP contribution in [0.3, 0.4) is 0 Å². The Balaban J connectivity index is 1.05. The van der Waals surface area contributed by atoms with Crippen LogP contribution in [0.1, 0.15) is 146 Å². The number of aromatic nitrogens is 1. The summed E-state index contributed by atoms with van der Waals surface area (Å²) in [5, 5.41) is 1.39. The Bertz CT molecular complexity index is 1190. The highest BCUT2D eigenvalue weighted by molar-refractivity contribution is 7.18. The topological polar surface area (TPSA) is 7.12 Å². The molecule has 42 heavy (non-hydrogen) atoms. The lowest BCUT2D eigenvalue weighted by Gasteiger charge is -2.13. The average molecular weight is 588 g/mol. The van der Waals surface area contributed by atoms with Crippen molar-refractivity contribution in [2.45, 2.75) is 148 Å². The standard InChI is InChI=1S/C39H59N2S/c1-3-4-5-6-7-8-9-10-11-12-13-14-15-16-17-18-19-20-21-26-31-41-37-29-24-25-30-38(37)42-39(41)33-35-32-34-27-22-23-28-36(34)40(35)2/h22-25,27-30,33H,3-21,26,31-32H2,1-2H3/q+1. The second-order valence-corrected chi connectivity index (χ2v) is 13.8. The first-order valence-electron chi connectivity index (χ1n) is 17.7. The summed E-state index contributed by atoms with van der Waals surface area (Å²) in [6.45, 7) is 3.43. The molecule has 4 rings (SSSR count). The van der Waals surface area contributed by atoms with Gasteiger partial charge in [0.05, 0.1) is 0 Å². The van der Waals surface area contributed by atoms with Crippen molar-refractivity contribution in [2.24, 2.45) is 0 Å². The van der Waals surface area contributed by atoms with Crippen molar-refractivity contribution in [3.05, 3.63) is 64.8 Å². The number of para-hydroxylation sites is 2. The molecule has 1 aromatic heterocycles. The largest absolute Gasteiger partial charge is 0.347 e. The van der Waals surface area contributed by atoms with Gasteiger partial charge in [0.1, 0.15) is 4.70 Å². The van der Waals surface area contributed by atoms with Gasteiger partial charge in [0.25, 0.3) is 5.01 Å². The number of aryl methyl sites for hydroxylation is 1. The fraction of sp³-hybridized carbons (Fsp3) is 0.615. The highest BCUT2D eigenvalue weighted by atomic mass is 32.1. The summed E-state index contributed by atoms with van der Waals surface area (Å²) in [7, 11) is 2.22. The molecule has 0 atom stereocenters. The first kappa shape index (κ1) is 32.8. The van der Waals surface area contributed by atoms with Crippen LogP contribution >= 0.6 is 11.3 Å². The van der Waals surface area contributed by atoms with E-state index in [4.69, 9.17) is 0 Å². The Morgan fingerprint density at radius 2 is 1.14 bits per heavy atom. The Labute approximate surface area is 262 Å². The molecule has 0 aliphatic carbocycles. The maximum atomic E-state index is 2.58. The Hall–Kier alpha value is -2.13. The predicted molar refractivity (Wildman–Crippen MR) is 187 cm³/mol. The molecule has 0 unspecified atom stereocenters. The molecular weight excluding hydrogens is 529 g/mol. The van der Waals surface area contributed by atoms with E-state index in [1.165, 1.54) is 161 Å². The molecule has 2 aromatic carbocycles. The first-order chi connectivity index (χ1) is 20.8. The van der Waals surface area contributed by atoms with Crippen molar-refractivity contribution >= 4 is 33.3 Å². The van der Waals surface area contributed by atoms with Crippen LogP contribution in [-0.2, 0) is 13.0 Å². The summed E-state index contributed by atoms with van der Waals surface area (Å²) < 4.78 is 3.98. The molecule has 0 spiro atoms. The monoisotopic (exact) mass is 587 g/mol. The predicted octanol–water partition coefficient (Wildman–Crippen LogP) is 12.0. The molecular formula is C39H59N2S+. The zero-order valence-electron chi connectivity index (χ0n) is 27.1. The van der Waals surface area contributed by atoms with E-state index >= 15 is 0 Å². The Morgan fingerprint density at radius 3 is 1.71 bits per heavy atom. The minimum atomic E-state index is 1.03. The summed E-state index contributed by atoms with van der Waals surface area (Å²) in [4.78, 5) is 2.38. The lowest BCUT2D eigenvalue weighted by atomic mass is 10.0. The normalized spacial score (nSPS) is 14.0. The third-order valence-corrected chi connectivity index (χ3v) is 10.4. The highest BCUT2D eigenvalue weighted by Gasteiger charge is 2.24. The molecule has 230 valence electrons. The van der Waals surface area contributed by atoms with Gasteiger partial charge < -0.3 is 4.90 Å². The molecule has 3 aromatic rings. The first-order valence-corrected chi connectivity index (χ1v) is 18.5. The third-order valence-electron chi connectivity index (χ3n) is 9.32. The molecule has 0 amide bonds. The number of thiazole rings is 1. The quantitative estimate of drug-likeness (QED) is 0.0837. The maximum Gasteiger partial charge on any atom is 0.264 e. The van der Waals surface area contributed by atoms with Gasteiger partial charge >= 0.3 is 0 Å². The van der Waals surface area contributed by atoms with E-state index in [-0.39, 0.29) is 0 Å². The van der Waals surface area contributed by atoms with Crippen LogP contribution in [0.2, 0.25) is 0 Å². The van der Waals surface area contributed by atoms with Gasteiger partial charge in [-0.15, -0.1) is 0 Å². The fourth-order valence-electron chi connectivity index (χ4n) is 6.66. The number of hydrogen-bond acceptors (Lipinski definition) is 2. The molecule has 2 heterocycles. The van der Waals surface area contributed by atoms with Gasteiger partial charge in [-0.05, 0) is 24.1 Å². The van der Waals surface area contributed by atoms with Crippen LogP contribution in [0.4, 0.5) is 5.69 Å². The van der Waals surface area contributed by atoms with E-state index in [0.29, 0.717) is 0 Å².